The fourth-order valence-electron chi connectivity index (χ4n) is 4.35. The predicted molar refractivity (Wildman–Crippen MR) is 130 cm³/mol. The van der Waals surface area contributed by atoms with Crippen LogP contribution < -0.4 is 30.1 Å². The predicted octanol–water partition coefficient (Wildman–Crippen LogP) is 2.14. The van der Waals surface area contributed by atoms with Gasteiger partial charge in [-0.25, -0.2) is 0 Å². The molecule has 0 spiro atoms. The van der Waals surface area contributed by atoms with Crippen molar-refractivity contribution in [1.29, 1.82) is 0 Å². The molecule has 0 aliphatic rings. The van der Waals surface area contributed by atoms with E-state index in [-0.39, 0.29) is 58.6 Å². The first-order valence-corrected chi connectivity index (χ1v) is 11.5. The molecular weight excluding hydrogens is 605 g/mol. The minimum absolute atomic E-state index is 0. The molecular formula is C27H33Cl2HfP. The van der Waals surface area contributed by atoms with Gasteiger partial charge in [0, 0.05) is 0 Å². The van der Waals surface area contributed by atoms with Crippen LogP contribution in [0.25, 0.3) is 21.5 Å². The van der Waals surface area contributed by atoms with Crippen LogP contribution in [0.2, 0.25) is 0 Å². The normalized spacial score (nSPS) is 11.2. The molecule has 0 N–H and O–H groups in total. The zero-order valence-corrected chi connectivity index (χ0v) is 25.6. The molecule has 0 saturated heterocycles. The van der Waals surface area contributed by atoms with E-state index in [2.05, 4.69) is 121 Å². The Bertz CT molecular complexity index is 984. The number of fused-ring (bicyclic) bond motifs is 2. The fourth-order valence-corrected chi connectivity index (χ4v) is 8.45. The van der Waals surface area contributed by atoms with E-state index in [1.807, 2.05) is 0 Å². The Kier molecular flexibility index (Phi) is 11.9. The summed E-state index contributed by atoms with van der Waals surface area (Å²) in [6.07, 6.45) is 0. The summed E-state index contributed by atoms with van der Waals surface area (Å²) in [7, 11) is -0.185. The first kappa shape index (κ1) is 30.5. The van der Waals surface area contributed by atoms with Gasteiger partial charge < -0.3 is 24.8 Å². The van der Waals surface area contributed by atoms with Crippen LogP contribution in [0, 0.1) is 6.92 Å². The summed E-state index contributed by atoms with van der Waals surface area (Å²) in [5.41, 5.74) is 1.35. The summed E-state index contributed by atoms with van der Waals surface area (Å²) in [6.45, 7) is 16.4. The van der Waals surface area contributed by atoms with Crippen molar-refractivity contribution in [2.75, 3.05) is 0 Å². The standard InChI is InChI=1S/C17H24P.C10H9.2ClH.Hf/c1-16(2,3)18(17(4,5)6)15-11-13-9-7-8-10-14(13)12-15;1-8-6-9-4-2-3-5-10(9)7-8;;;/h7-12H,1-6H3;2-7H,1H3;2*1H;/q2*-1;;;+4/p-2. The third-order valence-corrected chi connectivity index (χ3v) is 8.42. The molecule has 4 aromatic rings. The Morgan fingerprint density at radius 2 is 1.06 bits per heavy atom. The van der Waals surface area contributed by atoms with E-state index in [0.717, 1.165) is 0 Å². The van der Waals surface area contributed by atoms with Crippen molar-refractivity contribution in [3.05, 3.63) is 78.4 Å². The van der Waals surface area contributed by atoms with Crippen LogP contribution in [0.1, 0.15) is 47.1 Å². The zero-order valence-electron chi connectivity index (χ0n) is 19.6. The van der Waals surface area contributed by atoms with E-state index in [4.69, 9.17) is 0 Å². The van der Waals surface area contributed by atoms with Crippen molar-refractivity contribution in [3.8, 4) is 0 Å². The number of rotatable bonds is 1. The Morgan fingerprint density at radius 1 is 0.645 bits per heavy atom. The Balaban J connectivity index is 0.000000596. The topological polar surface area (TPSA) is 0 Å². The van der Waals surface area contributed by atoms with Gasteiger partial charge in [0.05, 0.1) is 0 Å². The maximum Gasteiger partial charge on any atom is 4.00 e. The van der Waals surface area contributed by atoms with E-state index in [1.165, 1.54) is 27.1 Å². The third-order valence-electron chi connectivity index (χ3n) is 4.96. The molecule has 0 atom stereocenters. The van der Waals surface area contributed by atoms with Crippen molar-refractivity contribution in [2.24, 2.45) is 0 Å². The molecule has 0 aliphatic carbocycles. The van der Waals surface area contributed by atoms with E-state index < -0.39 is 0 Å². The summed E-state index contributed by atoms with van der Waals surface area (Å²) < 4.78 is 0. The quantitative estimate of drug-likeness (QED) is 0.171. The molecule has 4 aromatic carbocycles. The van der Waals surface area contributed by atoms with Crippen molar-refractivity contribution in [3.63, 3.8) is 0 Å². The molecule has 0 amide bonds. The van der Waals surface area contributed by atoms with Crippen molar-refractivity contribution >= 4 is 34.8 Å². The second-order valence-corrected chi connectivity index (χ2v) is 13.6. The van der Waals surface area contributed by atoms with Crippen molar-refractivity contribution < 1.29 is 50.7 Å². The van der Waals surface area contributed by atoms with Gasteiger partial charge in [-0.15, -0.1) is 80.9 Å². The van der Waals surface area contributed by atoms with Crippen LogP contribution in [0.3, 0.4) is 0 Å². The van der Waals surface area contributed by atoms with E-state index in [1.54, 1.807) is 5.30 Å². The first-order chi connectivity index (χ1) is 13.1. The molecule has 0 bridgehead atoms. The summed E-state index contributed by atoms with van der Waals surface area (Å²) >= 11 is 0. The number of benzene rings is 2. The second kappa shape index (κ2) is 12.1. The van der Waals surface area contributed by atoms with Gasteiger partial charge in [0.2, 0.25) is 0 Å². The SMILES string of the molecule is CC(C)(C)P(c1cc2ccccc2[cH-]1)C(C)(C)C.Cc1cc2ccccc2[cH-]1.[Cl-].[Cl-].[Hf+4]. The minimum Gasteiger partial charge on any atom is -1.00 e. The van der Waals surface area contributed by atoms with Gasteiger partial charge in [-0.05, 0) is 10.3 Å². The van der Waals surface area contributed by atoms with Crippen LogP contribution in [0.5, 0.6) is 0 Å². The van der Waals surface area contributed by atoms with E-state index >= 15 is 0 Å². The fraction of sp³-hybridized carbons (Fsp3) is 0.333. The van der Waals surface area contributed by atoms with Crippen molar-refractivity contribution in [1.82, 2.24) is 0 Å². The van der Waals surface area contributed by atoms with Gasteiger partial charge in [-0.1, -0.05) is 68.5 Å². The van der Waals surface area contributed by atoms with Gasteiger partial charge in [0.25, 0.3) is 0 Å². The first-order valence-electron chi connectivity index (χ1n) is 10.1. The molecule has 0 saturated carbocycles. The molecule has 0 nitrogen and oxygen atoms in total. The van der Waals surface area contributed by atoms with Gasteiger partial charge in [0.15, 0.2) is 0 Å². The molecule has 0 aromatic heterocycles. The van der Waals surface area contributed by atoms with Gasteiger partial charge in [0.1, 0.15) is 0 Å². The Morgan fingerprint density at radius 3 is 1.48 bits per heavy atom. The maximum atomic E-state index is 2.40. The van der Waals surface area contributed by atoms with Crippen molar-refractivity contribution in [2.45, 2.75) is 58.8 Å². The van der Waals surface area contributed by atoms with Gasteiger partial charge >= 0.3 is 25.8 Å². The largest absolute Gasteiger partial charge is 4.00 e. The molecule has 4 rings (SSSR count). The van der Waals surface area contributed by atoms with Gasteiger partial charge in [-0.2, -0.15) is 12.1 Å². The molecule has 0 fully saturated rings. The molecule has 0 unspecified atom stereocenters. The monoisotopic (exact) mass is 638 g/mol. The number of hydrogen-bond acceptors (Lipinski definition) is 0. The zero-order chi connectivity index (χ0) is 20.5. The second-order valence-electron chi connectivity index (χ2n) is 9.68. The number of aryl methyl sites for hydroxylation is 1. The van der Waals surface area contributed by atoms with Crippen LogP contribution in [-0.2, 0) is 25.8 Å². The smallest absolute Gasteiger partial charge is 1.00 e. The minimum atomic E-state index is -0.185. The van der Waals surface area contributed by atoms with E-state index in [9.17, 15) is 0 Å². The summed E-state index contributed by atoms with van der Waals surface area (Å²) in [5.74, 6) is 0. The van der Waals surface area contributed by atoms with Crippen LogP contribution in [0.4, 0.5) is 0 Å². The molecule has 0 heterocycles. The summed E-state index contributed by atoms with van der Waals surface area (Å²) in [5, 5.41) is 7.70. The molecule has 0 radical (unpaired) electrons. The average molecular weight is 638 g/mol. The molecule has 164 valence electrons. The summed E-state index contributed by atoms with van der Waals surface area (Å²) in [4.78, 5) is 0. The average Bonchev–Trinajstić information content (AvgIpc) is 3.14. The van der Waals surface area contributed by atoms with Crippen LogP contribution in [0.15, 0.2) is 72.8 Å². The number of halogens is 2. The van der Waals surface area contributed by atoms with Crippen LogP contribution >= 0.6 is 7.92 Å². The molecule has 31 heavy (non-hydrogen) atoms. The van der Waals surface area contributed by atoms with E-state index in [0.29, 0.717) is 10.3 Å². The Hall–Kier alpha value is -0.460. The third kappa shape index (κ3) is 7.82. The number of hydrogen-bond donors (Lipinski definition) is 0. The van der Waals surface area contributed by atoms with Crippen LogP contribution in [-0.4, -0.2) is 10.3 Å². The molecule has 0 aliphatic heterocycles. The molecule has 4 heteroatoms. The summed E-state index contributed by atoms with van der Waals surface area (Å²) in [6, 6.07) is 26.3. The van der Waals surface area contributed by atoms with Gasteiger partial charge in [-0.3, -0.25) is 0 Å². The maximum absolute atomic E-state index is 2.40. The Labute approximate surface area is 221 Å².